The average molecular weight is 409 g/mol. The van der Waals surface area contributed by atoms with Gasteiger partial charge in [0, 0.05) is 24.0 Å². The van der Waals surface area contributed by atoms with Crippen LogP contribution in [0.4, 0.5) is 0 Å². The van der Waals surface area contributed by atoms with Crippen molar-refractivity contribution >= 4 is 27.7 Å². The van der Waals surface area contributed by atoms with E-state index in [0.717, 1.165) is 11.4 Å². The molecular weight excluding hydrogens is 384 g/mol. The van der Waals surface area contributed by atoms with Crippen molar-refractivity contribution in [3.63, 3.8) is 0 Å². The first kappa shape index (κ1) is 21.3. The van der Waals surface area contributed by atoms with E-state index in [1.807, 2.05) is 19.9 Å². The third-order valence-corrected chi connectivity index (χ3v) is 5.89. The number of hydrogen-bond acceptors (Lipinski definition) is 6. The topological polar surface area (TPSA) is 101 Å². The third kappa shape index (κ3) is 6.93. The van der Waals surface area contributed by atoms with Gasteiger partial charge in [0.25, 0.3) is 0 Å². The Morgan fingerprint density at radius 1 is 1.15 bits per heavy atom. The van der Waals surface area contributed by atoms with E-state index in [2.05, 4.69) is 20.0 Å². The van der Waals surface area contributed by atoms with Crippen molar-refractivity contribution in [3.8, 4) is 0 Å². The van der Waals surface area contributed by atoms with E-state index in [0.29, 0.717) is 10.7 Å². The molecule has 0 bridgehead atoms. The van der Waals surface area contributed by atoms with Crippen LogP contribution in [0.1, 0.15) is 30.8 Å². The molecule has 0 fully saturated rings. The summed E-state index contributed by atoms with van der Waals surface area (Å²) in [6, 6.07) is 8.21. The van der Waals surface area contributed by atoms with E-state index in [1.54, 1.807) is 32.0 Å². The number of aromatic nitrogens is 2. The summed E-state index contributed by atoms with van der Waals surface area (Å²) in [4.78, 5) is 20.8. The van der Waals surface area contributed by atoms with Gasteiger partial charge in [0.2, 0.25) is 15.9 Å². The van der Waals surface area contributed by atoms with Gasteiger partial charge in [-0.15, -0.1) is 0 Å². The zero-order valence-corrected chi connectivity index (χ0v) is 17.4. The predicted octanol–water partition coefficient (Wildman–Crippen LogP) is 2.19. The lowest BCUT2D eigenvalue weighted by Gasteiger charge is -2.11. The molecule has 27 heavy (non-hydrogen) atoms. The summed E-state index contributed by atoms with van der Waals surface area (Å²) in [6.45, 7) is 7.54. The van der Waals surface area contributed by atoms with Crippen molar-refractivity contribution in [2.75, 3.05) is 5.75 Å². The number of benzene rings is 1. The second-order valence-electron chi connectivity index (χ2n) is 6.42. The molecule has 0 saturated heterocycles. The Morgan fingerprint density at radius 3 is 2.44 bits per heavy atom. The minimum absolute atomic E-state index is 0.170. The van der Waals surface area contributed by atoms with Crippen LogP contribution in [0, 0.1) is 13.8 Å². The monoisotopic (exact) mass is 408 g/mol. The quantitative estimate of drug-likeness (QED) is 0.513. The molecule has 0 aliphatic heterocycles. The van der Waals surface area contributed by atoms with Crippen LogP contribution in [0.5, 0.6) is 0 Å². The molecule has 0 aliphatic rings. The van der Waals surface area contributed by atoms with Crippen LogP contribution in [-0.2, 0) is 21.4 Å². The van der Waals surface area contributed by atoms with Crippen LogP contribution in [0.3, 0.4) is 0 Å². The van der Waals surface area contributed by atoms with Gasteiger partial charge in [0.1, 0.15) is 0 Å². The maximum Gasteiger partial charge on any atom is 0.240 e. The SMILES string of the molecule is Cc1cc(C)nc(SCC(=O)NCc2cccc(S(=O)(=O)NC(C)C)c2)n1. The molecule has 2 N–H and O–H groups in total. The summed E-state index contributed by atoms with van der Waals surface area (Å²) in [6.07, 6.45) is 0. The molecule has 0 spiro atoms. The Hall–Kier alpha value is -1.97. The fourth-order valence-corrected chi connectivity index (χ4v) is 4.44. The molecule has 1 aromatic carbocycles. The lowest BCUT2D eigenvalue weighted by molar-refractivity contribution is -0.118. The van der Waals surface area contributed by atoms with E-state index in [9.17, 15) is 13.2 Å². The summed E-state index contributed by atoms with van der Waals surface area (Å²) in [5, 5.41) is 3.35. The summed E-state index contributed by atoms with van der Waals surface area (Å²) in [5.41, 5.74) is 2.43. The van der Waals surface area contributed by atoms with Crippen LogP contribution in [-0.4, -0.2) is 36.1 Å². The van der Waals surface area contributed by atoms with Gasteiger partial charge in [-0.25, -0.2) is 23.1 Å². The van der Waals surface area contributed by atoms with Gasteiger partial charge in [-0.05, 0) is 51.5 Å². The number of thioether (sulfide) groups is 1. The molecule has 0 radical (unpaired) electrons. The fraction of sp³-hybridized carbons (Fsp3) is 0.389. The lowest BCUT2D eigenvalue weighted by Crippen LogP contribution is -2.30. The molecule has 0 aliphatic carbocycles. The number of nitrogens with one attached hydrogen (secondary N) is 2. The van der Waals surface area contributed by atoms with E-state index >= 15 is 0 Å². The number of amides is 1. The Balaban J connectivity index is 1.92. The normalized spacial score (nSPS) is 11.6. The number of carbonyl (C=O) groups is 1. The summed E-state index contributed by atoms with van der Waals surface area (Å²) < 4.78 is 27.0. The minimum Gasteiger partial charge on any atom is -0.351 e. The van der Waals surface area contributed by atoms with Crippen molar-refractivity contribution in [3.05, 3.63) is 47.3 Å². The summed E-state index contributed by atoms with van der Waals surface area (Å²) in [7, 11) is -3.56. The van der Waals surface area contributed by atoms with E-state index in [1.165, 1.54) is 17.8 Å². The fourth-order valence-electron chi connectivity index (χ4n) is 2.34. The van der Waals surface area contributed by atoms with Crippen LogP contribution >= 0.6 is 11.8 Å². The van der Waals surface area contributed by atoms with E-state index < -0.39 is 10.0 Å². The van der Waals surface area contributed by atoms with Crippen molar-refractivity contribution < 1.29 is 13.2 Å². The molecule has 0 atom stereocenters. The van der Waals surface area contributed by atoms with E-state index in [4.69, 9.17) is 0 Å². The number of hydrogen-bond donors (Lipinski definition) is 2. The number of aryl methyl sites for hydroxylation is 2. The third-order valence-electron chi connectivity index (χ3n) is 3.38. The Kier molecular flexibility index (Phi) is 7.34. The highest BCUT2D eigenvalue weighted by atomic mass is 32.2. The number of sulfonamides is 1. The molecule has 0 unspecified atom stereocenters. The first-order valence-corrected chi connectivity index (χ1v) is 11.0. The standard InChI is InChI=1S/C18H24N4O3S2/c1-12(2)22-27(24,25)16-7-5-6-15(9-16)10-19-17(23)11-26-18-20-13(3)8-14(4)21-18/h5-9,12,22H,10-11H2,1-4H3,(H,19,23). The number of carbonyl (C=O) groups excluding carboxylic acids is 1. The van der Waals surface area contributed by atoms with Crippen LogP contribution in [0.15, 0.2) is 40.4 Å². The van der Waals surface area contributed by atoms with Crippen LogP contribution < -0.4 is 10.0 Å². The van der Waals surface area contributed by atoms with Gasteiger partial charge in [-0.3, -0.25) is 4.79 Å². The Labute approximate surface area is 164 Å². The Morgan fingerprint density at radius 2 is 1.81 bits per heavy atom. The molecule has 9 heteroatoms. The van der Waals surface area contributed by atoms with Crippen molar-refractivity contribution in [1.82, 2.24) is 20.0 Å². The number of rotatable bonds is 8. The molecule has 2 rings (SSSR count). The molecular formula is C18H24N4O3S2. The predicted molar refractivity (Wildman–Crippen MR) is 106 cm³/mol. The maximum atomic E-state index is 12.2. The van der Waals surface area contributed by atoms with Gasteiger partial charge >= 0.3 is 0 Å². The smallest absolute Gasteiger partial charge is 0.240 e. The van der Waals surface area contributed by atoms with Crippen molar-refractivity contribution in [2.45, 2.75) is 50.3 Å². The zero-order valence-electron chi connectivity index (χ0n) is 15.8. The van der Waals surface area contributed by atoms with Gasteiger partial charge in [-0.2, -0.15) is 0 Å². The highest BCUT2D eigenvalue weighted by molar-refractivity contribution is 7.99. The second kappa shape index (κ2) is 9.29. The maximum absolute atomic E-state index is 12.2. The minimum atomic E-state index is -3.56. The molecule has 0 saturated carbocycles. The van der Waals surface area contributed by atoms with E-state index in [-0.39, 0.29) is 29.1 Å². The largest absolute Gasteiger partial charge is 0.351 e. The van der Waals surface area contributed by atoms with Gasteiger partial charge < -0.3 is 5.32 Å². The van der Waals surface area contributed by atoms with Crippen LogP contribution in [0.2, 0.25) is 0 Å². The molecule has 1 aromatic heterocycles. The molecule has 2 aromatic rings. The van der Waals surface area contributed by atoms with Crippen LogP contribution in [0.25, 0.3) is 0 Å². The van der Waals surface area contributed by atoms with Crippen molar-refractivity contribution in [1.29, 1.82) is 0 Å². The molecule has 1 heterocycles. The first-order valence-electron chi connectivity index (χ1n) is 8.49. The highest BCUT2D eigenvalue weighted by Crippen LogP contribution is 2.14. The van der Waals surface area contributed by atoms with Gasteiger partial charge in [0.05, 0.1) is 10.6 Å². The zero-order chi connectivity index (χ0) is 20.0. The summed E-state index contributed by atoms with van der Waals surface area (Å²) >= 11 is 1.27. The average Bonchev–Trinajstić information content (AvgIpc) is 2.56. The number of nitrogens with zero attached hydrogens (tertiary/aromatic N) is 2. The molecule has 1 amide bonds. The van der Waals surface area contributed by atoms with Crippen molar-refractivity contribution in [2.24, 2.45) is 0 Å². The molecule has 146 valence electrons. The lowest BCUT2D eigenvalue weighted by atomic mass is 10.2. The molecule has 7 nitrogen and oxygen atoms in total. The Bertz CT molecular complexity index is 894. The van der Waals surface area contributed by atoms with Gasteiger partial charge in [-0.1, -0.05) is 23.9 Å². The highest BCUT2D eigenvalue weighted by Gasteiger charge is 2.15. The summed E-state index contributed by atoms with van der Waals surface area (Å²) in [5.74, 6) is 0.0202. The second-order valence-corrected chi connectivity index (χ2v) is 9.08. The van der Waals surface area contributed by atoms with Gasteiger partial charge in [0.15, 0.2) is 5.16 Å². The first-order chi connectivity index (χ1) is 12.7.